The Morgan fingerprint density at radius 3 is 2.44 bits per heavy atom. The number of hydrogen-bond acceptors (Lipinski definition) is 5. The molecule has 0 unspecified atom stereocenters. The third-order valence-corrected chi connectivity index (χ3v) is 6.53. The first-order valence-corrected chi connectivity index (χ1v) is 11.0. The average molecular weight is 494 g/mol. The number of ether oxygens (including phenoxy) is 1. The van der Waals surface area contributed by atoms with E-state index in [1.807, 2.05) is 0 Å². The maximum atomic E-state index is 13.9. The Bertz CT molecular complexity index is 1260. The van der Waals surface area contributed by atoms with Crippen molar-refractivity contribution in [2.24, 2.45) is 0 Å². The smallest absolute Gasteiger partial charge is 0.420 e. The molecule has 0 saturated carbocycles. The fraction of sp³-hybridized carbons (Fsp3) is 0.364. The second-order valence-corrected chi connectivity index (χ2v) is 8.51. The summed E-state index contributed by atoms with van der Waals surface area (Å²) >= 11 is 6.41. The maximum Gasteiger partial charge on any atom is 0.420 e. The van der Waals surface area contributed by atoms with Gasteiger partial charge in [0.15, 0.2) is 11.3 Å². The second-order valence-electron chi connectivity index (χ2n) is 8.15. The number of carbonyl (C=O) groups is 2. The number of carbonyl (C=O) groups excluding carboxylic acids is 2. The molecule has 178 valence electrons. The lowest BCUT2D eigenvalue weighted by molar-refractivity contribution is -0.136. The van der Waals surface area contributed by atoms with Crippen molar-refractivity contribution in [2.75, 3.05) is 26.2 Å². The molecule has 12 heteroatoms. The van der Waals surface area contributed by atoms with Crippen LogP contribution in [-0.4, -0.2) is 68.5 Å². The van der Waals surface area contributed by atoms with E-state index in [9.17, 15) is 22.8 Å². The van der Waals surface area contributed by atoms with Crippen LogP contribution in [0, 0.1) is 0 Å². The maximum absolute atomic E-state index is 13.9. The molecular weight excluding hydrogens is 475 g/mol. The van der Waals surface area contributed by atoms with Gasteiger partial charge in [-0.2, -0.15) is 13.2 Å². The van der Waals surface area contributed by atoms with Crippen molar-refractivity contribution in [3.8, 4) is 11.1 Å². The zero-order valence-corrected chi connectivity index (χ0v) is 18.5. The van der Waals surface area contributed by atoms with Gasteiger partial charge in [0.25, 0.3) is 5.91 Å². The summed E-state index contributed by atoms with van der Waals surface area (Å²) in [5.41, 5.74) is -0.887. The van der Waals surface area contributed by atoms with Crippen LogP contribution in [0.1, 0.15) is 28.9 Å². The number of piperidine rings is 1. The van der Waals surface area contributed by atoms with E-state index in [0.29, 0.717) is 44.6 Å². The molecule has 0 radical (unpaired) electrons. The van der Waals surface area contributed by atoms with Crippen LogP contribution in [0.15, 0.2) is 36.8 Å². The van der Waals surface area contributed by atoms with E-state index in [0.717, 1.165) is 10.5 Å². The van der Waals surface area contributed by atoms with Crippen molar-refractivity contribution in [3.05, 3.63) is 53.2 Å². The Balaban J connectivity index is 1.47. The number of amides is 2. The number of likely N-dealkylation sites (tertiary alicyclic amines) is 1. The van der Waals surface area contributed by atoms with Crippen LogP contribution in [-0.2, 0) is 10.9 Å². The molecule has 3 aromatic heterocycles. The minimum Gasteiger partial charge on any atom is -0.448 e. The second kappa shape index (κ2) is 8.46. The molecule has 0 aliphatic carbocycles. The van der Waals surface area contributed by atoms with Gasteiger partial charge in [-0.15, -0.1) is 0 Å². The highest BCUT2D eigenvalue weighted by Gasteiger charge is 2.38. The van der Waals surface area contributed by atoms with Gasteiger partial charge >= 0.3 is 12.3 Å². The summed E-state index contributed by atoms with van der Waals surface area (Å²) in [5, 5.41) is -0.188. The molecule has 8 nitrogen and oxygen atoms in total. The van der Waals surface area contributed by atoms with Gasteiger partial charge in [-0.1, -0.05) is 11.6 Å². The zero-order valence-electron chi connectivity index (χ0n) is 17.8. The van der Waals surface area contributed by atoms with E-state index in [1.54, 1.807) is 17.0 Å². The zero-order chi connectivity index (χ0) is 24.0. The monoisotopic (exact) mass is 493 g/mol. The van der Waals surface area contributed by atoms with E-state index in [4.69, 9.17) is 16.3 Å². The standard InChI is InChI=1S/C22H19ClF3N5O3/c23-18-17(20(32)29-7-3-15(4-8-29)30-9-10-34-21(30)33)28-19-16(22(24,25)26)11-14(12-31(18)19)13-1-5-27-6-2-13/h1-2,5-6,11-12,15H,3-4,7-10H2. The number of nitrogens with zero attached hydrogens (tertiary/aromatic N) is 5. The van der Waals surface area contributed by atoms with Crippen LogP contribution in [0.25, 0.3) is 16.8 Å². The molecule has 2 amide bonds. The van der Waals surface area contributed by atoms with Crippen molar-refractivity contribution < 1.29 is 27.5 Å². The van der Waals surface area contributed by atoms with E-state index in [1.165, 1.54) is 23.5 Å². The summed E-state index contributed by atoms with van der Waals surface area (Å²) in [6.45, 7) is 1.51. The number of cyclic esters (lactones) is 1. The Morgan fingerprint density at radius 1 is 1.12 bits per heavy atom. The van der Waals surface area contributed by atoms with Crippen molar-refractivity contribution >= 4 is 29.2 Å². The van der Waals surface area contributed by atoms with Gasteiger partial charge in [0, 0.05) is 37.7 Å². The van der Waals surface area contributed by atoms with Crippen LogP contribution in [0.2, 0.25) is 5.15 Å². The lowest BCUT2D eigenvalue weighted by Gasteiger charge is -2.35. The molecule has 2 aliphatic rings. The van der Waals surface area contributed by atoms with Crippen LogP contribution in [0.3, 0.4) is 0 Å². The number of imidazole rings is 1. The van der Waals surface area contributed by atoms with E-state index < -0.39 is 23.3 Å². The van der Waals surface area contributed by atoms with Gasteiger partial charge in [0.05, 0.1) is 12.1 Å². The number of rotatable bonds is 3. The van der Waals surface area contributed by atoms with Gasteiger partial charge in [-0.05, 0) is 42.2 Å². The number of hydrogen-bond donors (Lipinski definition) is 0. The number of fused-ring (bicyclic) bond motifs is 1. The lowest BCUT2D eigenvalue weighted by atomic mass is 10.0. The summed E-state index contributed by atoms with van der Waals surface area (Å²) in [4.78, 5) is 36.0. The van der Waals surface area contributed by atoms with Crippen LogP contribution in [0.4, 0.5) is 18.0 Å². The van der Waals surface area contributed by atoms with Crippen LogP contribution in [0.5, 0.6) is 0 Å². The molecule has 5 heterocycles. The fourth-order valence-corrected chi connectivity index (χ4v) is 4.68. The van der Waals surface area contributed by atoms with Crippen LogP contribution >= 0.6 is 11.6 Å². The fourth-order valence-electron chi connectivity index (χ4n) is 4.43. The molecule has 0 N–H and O–H groups in total. The first kappa shape index (κ1) is 22.5. The van der Waals surface area contributed by atoms with Gasteiger partial charge in [-0.3, -0.25) is 14.2 Å². The van der Waals surface area contributed by atoms with Gasteiger partial charge < -0.3 is 14.5 Å². The predicted molar refractivity (Wildman–Crippen MR) is 115 cm³/mol. The normalized spacial score (nSPS) is 17.5. The molecule has 34 heavy (non-hydrogen) atoms. The Morgan fingerprint density at radius 2 is 1.82 bits per heavy atom. The topological polar surface area (TPSA) is 80.0 Å². The van der Waals surface area contributed by atoms with E-state index in [-0.39, 0.29) is 28.5 Å². The molecule has 2 saturated heterocycles. The molecule has 0 bridgehead atoms. The Hall–Kier alpha value is -3.34. The summed E-state index contributed by atoms with van der Waals surface area (Å²) in [5.74, 6) is -0.547. The predicted octanol–water partition coefficient (Wildman–Crippen LogP) is 4.13. The molecule has 0 aromatic carbocycles. The van der Waals surface area contributed by atoms with E-state index >= 15 is 0 Å². The average Bonchev–Trinajstić information content (AvgIpc) is 3.41. The van der Waals surface area contributed by atoms with Crippen molar-refractivity contribution in [1.29, 1.82) is 0 Å². The largest absolute Gasteiger partial charge is 0.448 e. The molecular formula is C22H19ClF3N5O3. The van der Waals surface area contributed by atoms with Crippen molar-refractivity contribution in [2.45, 2.75) is 25.1 Å². The third-order valence-electron chi connectivity index (χ3n) is 6.17. The molecule has 3 aromatic rings. The first-order valence-electron chi connectivity index (χ1n) is 10.7. The number of pyridine rings is 2. The minimum atomic E-state index is -4.71. The summed E-state index contributed by atoms with van der Waals surface area (Å²) in [6, 6.07) is 4.11. The number of alkyl halides is 3. The number of aromatic nitrogens is 3. The highest BCUT2D eigenvalue weighted by molar-refractivity contribution is 6.33. The minimum absolute atomic E-state index is 0.0460. The molecule has 5 rings (SSSR count). The summed E-state index contributed by atoms with van der Waals surface area (Å²) in [6.07, 6.45) is 0.375. The lowest BCUT2D eigenvalue weighted by Crippen LogP contribution is -2.47. The Kier molecular flexibility index (Phi) is 5.59. The summed E-state index contributed by atoms with van der Waals surface area (Å²) in [7, 11) is 0. The number of halogens is 4. The third kappa shape index (κ3) is 3.93. The van der Waals surface area contributed by atoms with Crippen molar-refractivity contribution in [3.63, 3.8) is 0 Å². The molecule has 0 spiro atoms. The molecule has 2 aliphatic heterocycles. The SMILES string of the molecule is O=C(c1nc2c(C(F)(F)F)cc(-c3ccncc3)cn2c1Cl)N1CCC(N2CCOC2=O)CC1. The molecule has 0 atom stereocenters. The highest BCUT2D eigenvalue weighted by Crippen LogP contribution is 2.37. The van der Waals surface area contributed by atoms with Gasteiger partial charge in [0.2, 0.25) is 0 Å². The Labute approximate surface area is 196 Å². The van der Waals surface area contributed by atoms with Crippen LogP contribution < -0.4 is 0 Å². The molecule has 2 fully saturated rings. The highest BCUT2D eigenvalue weighted by atomic mass is 35.5. The van der Waals surface area contributed by atoms with Gasteiger partial charge in [0.1, 0.15) is 11.8 Å². The van der Waals surface area contributed by atoms with E-state index in [2.05, 4.69) is 9.97 Å². The first-order chi connectivity index (χ1) is 16.2. The van der Waals surface area contributed by atoms with Crippen molar-refractivity contribution in [1.82, 2.24) is 24.2 Å². The quantitative estimate of drug-likeness (QED) is 0.548. The van der Waals surface area contributed by atoms with Gasteiger partial charge in [-0.25, -0.2) is 9.78 Å². The summed E-state index contributed by atoms with van der Waals surface area (Å²) < 4.78 is 47.7.